The Kier molecular flexibility index (Phi) is 5.60. The fourth-order valence-electron chi connectivity index (χ4n) is 2.21. The average Bonchev–Trinajstić information content (AvgIpc) is 2.53. The summed E-state index contributed by atoms with van der Waals surface area (Å²) < 4.78 is 0. The molecule has 0 aliphatic carbocycles. The highest BCUT2D eigenvalue weighted by molar-refractivity contribution is 7.98. The Bertz CT molecular complexity index is 422. The number of thioether (sulfide) groups is 1. The molecule has 2 rings (SSSR count). The molecule has 1 aliphatic heterocycles. The Morgan fingerprint density at radius 3 is 2.75 bits per heavy atom. The molecule has 1 aromatic rings. The van der Waals surface area contributed by atoms with Crippen molar-refractivity contribution in [2.24, 2.45) is 5.73 Å². The Labute approximate surface area is 123 Å². The van der Waals surface area contributed by atoms with Gasteiger partial charge in [0.2, 0.25) is 5.91 Å². The number of hydrogen-bond acceptors (Lipinski definition) is 6. The summed E-state index contributed by atoms with van der Waals surface area (Å²) in [5.41, 5.74) is 5.94. The summed E-state index contributed by atoms with van der Waals surface area (Å²) in [6, 6.07) is -0.370. The first-order chi connectivity index (χ1) is 9.72. The largest absolute Gasteiger partial charge is 0.352 e. The van der Waals surface area contributed by atoms with Crippen LogP contribution in [0.1, 0.15) is 6.42 Å². The SMILES string of the molecule is CSCC[C@H](N)C(=O)N1CCN(c2cnccn2)CC1. The molecule has 2 N–H and O–H groups in total. The van der Waals surface area contributed by atoms with Gasteiger partial charge in [0.1, 0.15) is 5.82 Å². The zero-order valence-electron chi connectivity index (χ0n) is 11.7. The van der Waals surface area contributed by atoms with Crippen molar-refractivity contribution >= 4 is 23.5 Å². The third-order valence-electron chi connectivity index (χ3n) is 3.42. The Morgan fingerprint density at radius 2 is 2.15 bits per heavy atom. The van der Waals surface area contributed by atoms with Gasteiger partial charge in [-0.3, -0.25) is 9.78 Å². The van der Waals surface area contributed by atoms with E-state index in [0.29, 0.717) is 13.1 Å². The third-order valence-corrected chi connectivity index (χ3v) is 4.06. The molecule has 0 unspecified atom stereocenters. The maximum atomic E-state index is 12.2. The predicted molar refractivity (Wildman–Crippen MR) is 81.8 cm³/mol. The summed E-state index contributed by atoms with van der Waals surface area (Å²) in [7, 11) is 0. The van der Waals surface area contributed by atoms with Crippen LogP contribution in [0.15, 0.2) is 18.6 Å². The molecule has 0 spiro atoms. The van der Waals surface area contributed by atoms with Crippen LogP contribution in [0.5, 0.6) is 0 Å². The molecule has 6 nitrogen and oxygen atoms in total. The van der Waals surface area contributed by atoms with E-state index in [9.17, 15) is 4.79 Å². The van der Waals surface area contributed by atoms with Gasteiger partial charge in [0.15, 0.2) is 0 Å². The fraction of sp³-hybridized carbons (Fsp3) is 0.615. The number of hydrogen-bond donors (Lipinski definition) is 1. The number of nitrogens with zero attached hydrogens (tertiary/aromatic N) is 4. The number of nitrogens with two attached hydrogens (primary N) is 1. The summed E-state index contributed by atoms with van der Waals surface area (Å²) >= 11 is 1.72. The Balaban J connectivity index is 1.83. The lowest BCUT2D eigenvalue weighted by Gasteiger charge is -2.36. The van der Waals surface area contributed by atoms with E-state index in [1.54, 1.807) is 30.4 Å². The van der Waals surface area contributed by atoms with Crippen LogP contribution in [-0.2, 0) is 4.79 Å². The molecule has 110 valence electrons. The number of amides is 1. The van der Waals surface area contributed by atoms with Gasteiger partial charge in [-0.2, -0.15) is 11.8 Å². The van der Waals surface area contributed by atoms with E-state index in [1.807, 2.05) is 11.2 Å². The first-order valence-corrected chi connectivity index (χ1v) is 8.16. The molecule has 1 atom stereocenters. The van der Waals surface area contributed by atoms with E-state index in [-0.39, 0.29) is 11.9 Å². The van der Waals surface area contributed by atoms with Gasteiger partial charge in [0.05, 0.1) is 12.2 Å². The number of piperazine rings is 1. The van der Waals surface area contributed by atoms with Gasteiger partial charge >= 0.3 is 0 Å². The van der Waals surface area contributed by atoms with Gasteiger partial charge < -0.3 is 15.5 Å². The summed E-state index contributed by atoms with van der Waals surface area (Å²) in [4.78, 5) is 24.5. The average molecular weight is 295 g/mol. The van der Waals surface area contributed by atoms with E-state index in [2.05, 4.69) is 14.9 Å². The maximum absolute atomic E-state index is 12.2. The summed E-state index contributed by atoms with van der Waals surface area (Å²) in [5.74, 6) is 1.86. The lowest BCUT2D eigenvalue weighted by molar-refractivity contribution is -0.132. The molecular formula is C13H21N5OS. The van der Waals surface area contributed by atoms with Gasteiger partial charge in [-0.15, -0.1) is 0 Å². The number of aromatic nitrogens is 2. The second-order valence-corrected chi connectivity index (χ2v) is 5.75. The minimum absolute atomic E-state index is 0.0674. The topological polar surface area (TPSA) is 75.4 Å². The highest BCUT2D eigenvalue weighted by Gasteiger charge is 2.25. The van der Waals surface area contributed by atoms with Gasteiger partial charge in [-0.05, 0) is 18.4 Å². The van der Waals surface area contributed by atoms with Crippen LogP contribution in [0, 0.1) is 0 Å². The molecule has 2 heterocycles. The molecule has 0 bridgehead atoms. The number of rotatable bonds is 5. The van der Waals surface area contributed by atoms with E-state index < -0.39 is 0 Å². The minimum atomic E-state index is -0.370. The molecule has 0 saturated carbocycles. The van der Waals surface area contributed by atoms with Crippen molar-refractivity contribution in [2.45, 2.75) is 12.5 Å². The zero-order chi connectivity index (χ0) is 14.4. The first-order valence-electron chi connectivity index (χ1n) is 6.76. The number of carbonyl (C=O) groups excluding carboxylic acids is 1. The molecular weight excluding hydrogens is 274 g/mol. The van der Waals surface area contributed by atoms with Crippen LogP contribution < -0.4 is 10.6 Å². The van der Waals surface area contributed by atoms with E-state index >= 15 is 0 Å². The normalized spacial score (nSPS) is 17.1. The molecule has 20 heavy (non-hydrogen) atoms. The van der Waals surface area contributed by atoms with E-state index in [0.717, 1.165) is 31.1 Å². The van der Waals surface area contributed by atoms with Crippen LogP contribution in [0.2, 0.25) is 0 Å². The van der Waals surface area contributed by atoms with Crippen LogP contribution >= 0.6 is 11.8 Å². The second kappa shape index (κ2) is 7.44. The van der Waals surface area contributed by atoms with Gasteiger partial charge in [0.25, 0.3) is 0 Å². The molecule has 1 aliphatic rings. The van der Waals surface area contributed by atoms with Crippen molar-refractivity contribution in [2.75, 3.05) is 43.1 Å². The van der Waals surface area contributed by atoms with Crippen molar-refractivity contribution in [1.29, 1.82) is 0 Å². The quantitative estimate of drug-likeness (QED) is 0.837. The van der Waals surface area contributed by atoms with Crippen LogP contribution in [0.25, 0.3) is 0 Å². The van der Waals surface area contributed by atoms with Crippen LogP contribution in [-0.4, -0.2) is 65.0 Å². The van der Waals surface area contributed by atoms with E-state index in [4.69, 9.17) is 5.73 Å². The molecule has 0 aromatic carbocycles. The van der Waals surface area contributed by atoms with E-state index in [1.165, 1.54) is 0 Å². The Morgan fingerprint density at radius 1 is 1.40 bits per heavy atom. The third kappa shape index (κ3) is 3.83. The smallest absolute Gasteiger partial charge is 0.239 e. The maximum Gasteiger partial charge on any atom is 0.239 e. The van der Waals surface area contributed by atoms with Gasteiger partial charge in [-0.1, -0.05) is 0 Å². The molecule has 1 saturated heterocycles. The highest BCUT2D eigenvalue weighted by atomic mass is 32.2. The monoisotopic (exact) mass is 295 g/mol. The molecule has 1 amide bonds. The molecule has 7 heteroatoms. The van der Waals surface area contributed by atoms with Crippen molar-refractivity contribution in [1.82, 2.24) is 14.9 Å². The van der Waals surface area contributed by atoms with Crippen LogP contribution in [0.3, 0.4) is 0 Å². The van der Waals surface area contributed by atoms with Crippen molar-refractivity contribution in [3.8, 4) is 0 Å². The Hall–Kier alpha value is -1.34. The number of anilines is 1. The lowest BCUT2D eigenvalue weighted by Crippen LogP contribution is -2.53. The van der Waals surface area contributed by atoms with Gasteiger partial charge in [0, 0.05) is 38.6 Å². The van der Waals surface area contributed by atoms with Crippen molar-refractivity contribution in [3.63, 3.8) is 0 Å². The van der Waals surface area contributed by atoms with Gasteiger partial charge in [-0.25, -0.2) is 4.98 Å². The highest BCUT2D eigenvalue weighted by Crippen LogP contribution is 2.12. The van der Waals surface area contributed by atoms with Crippen molar-refractivity contribution in [3.05, 3.63) is 18.6 Å². The molecule has 1 aromatic heterocycles. The molecule has 0 radical (unpaired) electrons. The zero-order valence-corrected chi connectivity index (χ0v) is 12.6. The van der Waals surface area contributed by atoms with Crippen molar-refractivity contribution < 1.29 is 4.79 Å². The summed E-state index contributed by atoms with van der Waals surface area (Å²) in [6.45, 7) is 2.95. The summed E-state index contributed by atoms with van der Waals surface area (Å²) in [5, 5.41) is 0. The lowest BCUT2D eigenvalue weighted by atomic mass is 10.2. The minimum Gasteiger partial charge on any atom is -0.352 e. The fourth-order valence-corrected chi connectivity index (χ4v) is 2.70. The second-order valence-electron chi connectivity index (χ2n) is 4.76. The number of carbonyl (C=O) groups is 1. The first kappa shape index (κ1) is 15.1. The molecule has 1 fully saturated rings. The summed E-state index contributed by atoms with van der Waals surface area (Å²) in [6.07, 6.45) is 7.86. The standard InChI is InChI=1S/C13H21N5OS/c1-20-9-2-11(14)13(19)18-7-5-17(6-8-18)12-10-15-3-4-16-12/h3-4,10-11H,2,5-9,14H2,1H3/t11-/m0/s1. The predicted octanol–water partition coefficient (Wildman–Crippen LogP) is 0.206. The van der Waals surface area contributed by atoms with Crippen LogP contribution in [0.4, 0.5) is 5.82 Å².